The van der Waals surface area contributed by atoms with Gasteiger partial charge in [0.15, 0.2) is 0 Å². The predicted molar refractivity (Wildman–Crippen MR) is 75.1 cm³/mol. The van der Waals surface area contributed by atoms with Crippen molar-refractivity contribution in [1.29, 1.82) is 0 Å². The molecule has 0 bridgehead atoms. The van der Waals surface area contributed by atoms with Crippen molar-refractivity contribution in [2.45, 2.75) is 6.92 Å². The molecular formula is C16H16O3. The lowest BCUT2D eigenvalue weighted by Gasteiger charge is -2.14. The topological polar surface area (TPSA) is 35.5 Å². The Kier molecular flexibility index (Phi) is 3.85. The first-order valence-electron chi connectivity index (χ1n) is 5.98. The van der Waals surface area contributed by atoms with Crippen molar-refractivity contribution in [3.63, 3.8) is 0 Å². The molecule has 0 atom stereocenters. The predicted octanol–water partition coefficient (Wildman–Crippen LogP) is 3.49. The van der Waals surface area contributed by atoms with Gasteiger partial charge in [0.25, 0.3) is 0 Å². The fraction of sp³-hybridized carbons (Fsp3) is 0.188. The first kappa shape index (κ1) is 13.1. The molecule has 0 aliphatic heterocycles. The molecule has 0 aliphatic carbocycles. The summed E-state index contributed by atoms with van der Waals surface area (Å²) in [5.74, 6) is 1.26. The summed E-state index contributed by atoms with van der Waals surface area (Å²) in [6, 6.07) is 11.5. The normalized spacial score (nSPS) is 10.1. The van der Waals surface area contributed by atoms with Gasteiger partial charge in [0, 0.05) is 5.56 Å². The molecule has 0 aromatic heterocycles. The van der Waals surface area contributed by atoms with Crippen LogP contribution in [0.4, 0.5) is 0 Å². The quantitative estimate of drug-likeness (QED) is 0.785. The number of ether oxygens (including phenoxy) is 2. The molecule has 3 heteroatoms. The van der Waals surface area contributed by atoms with Crippen LogP contribution in [0.3, 0.4) is 0 Å². The molecule has 0 unspecified atom stereocenters. The van der Waals surface area contributed by atoms with E-state index in [4.69, 9.17) is 9.47 Å². The van der Waals surface area contributed by atoms with Gasteiger partial charge < -0.3 is 9.47 Å². The number of aldehydes is 1. The first-order chi connectivity index (χ1) is 9.19. The van der Waals surface area contributed by atoms with Crippen molar-refractivity contribution in [2.75, 3.05) is 14.2 Å². The van der Waals surface area contributed by atoms with Gasteiger partial charge in [-0.25, -0.2) is 0 Å². The van der Waals surface area contributed by atoms with Crippen LogP contribution in [0.2, 0.25) is 0 Å². The standard InChI is InChI=1S/C16H16O3/c1-11-5-4-6-13(7-11)16-14(18-2)8-12(10-17)9-15(16)19-3/h4-10H,1-3H3. The van der Waals surface area contributed by atoms with Crippen molar-refractivity contribution in [2.24, 2.45) is 0 Å². The molecule has 2 rings (SSSR count). The molecule has 0 spiro atoms. The molecule has 0 fully saturated rings. The van der Waals surface area contributed by atoms with E-state index in [1.165, 1.54) is 0 Å². The van der Waals surface area contributed by atoms with E-state index in [0.717, 1.165) is 23.0 Å². The van der Waals surface area contributed by atoms with Gasteiger partial charge in [-0.2, -0.15) is 0 Å². The van der Waals surface area contributed by atoms with Crippen LogP contribution in [0.15, 0.2) is 36.4 Å². The van der Waals surface area contributed by atoms with E-state index in [-0.39, 0.29) is 0 Å². The van der Waals surface area contributed by atoms with Gasteiger partial charge in [-0.15, -0.1) is 0 Å². The third kappa shape index (κ3) is 2.60. The van der Waals surface area contributed by atoms with E-state index in [0.29, 0.717) is 17.1 Å². The number of aryl methyl sites for hydroxylation is 1. The van der Waals surface area contributed by atoms with E-state index >= 15 is 0 Å². The number of carbonyl (C=O) groups excluding carboxylic acids is 1. The molecule has 3 nitrogen and oxygen atoms in total. The summed E-state index contributed by atoms with van der Waals surface area (Å²) in [5.41, 5.74) is 3.55. The maximum absolute atomic E-state index is 10.9. The minimum absolute atomic E-state index is 0.533. The number of hydrogen-bond donors (Lipinski definition) is 0. The second kappa shape index (κ2) is 5.57. The zero-order valence-corrected chi connectivity index (χ0v) is 11.3. The van der Waals surface area contributed by atoms with Crippen LogP contribution in [-0.2, 0) is 0 Å². The fourth-order valence-electron chi connectivity index (χ4n) is 2.09. The van der Waals surface area contributed by atoms with Crippen LogP contribution in [-0.4, -0.2) is 20.5 Å². The smallest absolute Gasteiger partial charge is 0.150 e. The third-order valence-corrected chi connectivity index (χ3v) is 2.97. The summed E-state index contributed by atoms with van der Waals surface area (Å²) in [7, 11) is 3.17. The molecule has 0 saturated heterocycles. The number of benzene rings is 2. The Morgan fingerprint density at radius 1 is 1.00 bits per heavy atom. The molecular weight excluding hydrogens is 240 g/mol. The summed E-state index contributed by atoms with van der Waals surface area (Å²) in [6.45, 7) is 2.03. The number of carbonyl (C=O) groups is 1. The summed E-state index contributed by atoms with van der Waals surface area (Å²) in [5, 5.41) is 0. The van der Waals surface area contributed by atoms with Gasteiger partial charge in [-0.3, -0.25) is 4.79 Å². The van der Waals surface area contributed by atoms with Crippen molar-refractivity contribution < 1.29 is 14.3 Å². The van der Waals surface area contributed by atoms with Crippen LogP contribution >= 0.6 is 0 Å². The van der Waals surface area contributed by atoms with Gasteiger partial charge >= 0.3 is 0 Å². The van der Waals surface area contributed by atoms with E-state index in [2.05, 4.69) is 6.07 Å². The largest absolute Gasteiger partial charge is 0.496 e. The molecule has 2 aromatic carbocycles. The lowest BCUT2D eigenvalue weighted by Crippen LogP contribution is -1.96. The van der Waals surface area contributed by atoms with Crippen LogP contribution in [0.1, 0.15) is 15.9 Å². The Balaban J connectivity index is 2.70. The highest BCUT2D eigenvalue weighted by Crippen LogP contribution is 2.39. The third-order valence-electron chi connectivity index (χ3n) is 2.97. The molecule has 2 aromatic rings. The Morgan fingerprint density at radius 2 is 1.63 bits per heavy atom. The Labute approximate surface area is 112 Å². The summed E-state index contributed by atoms with van der Waals surface area (Å²) in [6.07, 6.45) is 0.783. The summed E-state index contributed by atoms with van der Waals surface area (Å²) in [4.78, 5) is 10.9. The van der Waals surface area contributed by atoms with Crippen molar-refractivity contribution in [1.82, 2.24) is 0 Å². The van der Waals surface area contributed by atoms with Crippen molar-refractivity contribution >= 4 is 6.29 Å². The average molecular weight is 256 g/mol. The second-order valence-corrected chi connectivity index (χ2v) is 4.29. The highest BCUT2D eigenvalue weighted by atomic mass is 16.5. The molecule has 0 aliphatic rings. The van der Waals surface area contributed by atoms with Gasteiger partial charge in [-0.1, -0.05) is 29.8 Å². The van der Waals surface area contributed by atoms with E-state index < -0.39 is 0 Å². The Bertz CT molecular complexity index is 578. The van der Waals surface area contributed by atoms with Crippen LogP contribution in [0.25, 0.3) is 11.1 Å². The van der Waals surface area contributed by atoms with Gasteiger partial charge in [-0.05, 0) is 24.6 Å². The molecule has 98 valence electrons. The van der Waals surface area contributed by atoms with Gasteiger partial charge in [0.1, 0.15) is 17.8 Å². The van der Waals surface area contributed by atoms with Crippen LogP contribution in [0.5, 0.6) is 11.5 Å². The molecule has 0 N–H and O–H groups in total. The summed E-state index contributed by atoms with van der Waals surface area (Å²) < 4.78 is 10.8. The molecule has 0 saturated carbocycles. The number of rotatable bonds is 4. The highest BCUT2D eigenvalue weighted by Gasteiger charge is 2.14. The van der Waals surface area contributed by atoms with E-state index in [1.54, 1.807) is 26.4 Å². The van der Waals surface area contributed by atoms with Crippen molar-refractivity contribution in [3.05, 3.63) is 47.5 Å². The molecule has 19 heavy (non-hydrogen) atoms. The second-order valence-electron chi connectivity index (χ2n) is 4.29. The molecule has 0 radical (unpaired) electrons. The van der Waals surface area contributed by atoms with Crippen molar-refractivity contribution in [3.8, 4) is 22.6 Å². The first-order valence-corrected chi connectivity index (χ1v) is 5.98. The summed E-state index contributed by atoms with van der Waals surface area (Å²) >= 11 is 0. The maximum Gasteiger partial charge on any atom is 0.150 e. The zero-order chi connectivity index (χ0) is 13.8. The average Bonchev–Trinajstić information content (AvgIpc) is 2.45. The minimum Gasteiger partial charge on any atom is -0.496 e. The van der Waals surface area contributed by atoms with Gasteiger partial charge in [0.05, 0.1) is 19.8 Å². The van der Waals surface area contributed by atoms with E-state index in [1.807, 2.05) is 25.1 Å². The Morgan fingerprint density at radius 3 is 2.11 bits per heavy atom. The monoisotopic (exact) mass is 256 g/mol. The number of methoxy groups -OCH3 is 2. The zero-order valence-electron chi connectivity index (χ0n) is 11.3. The fourth-order valence-corrected chi connectivity index (χ4v) is 2.09. The van der Waals surface area contributed by atoms with E-state index in [9.17, 15) is 4.79 Å². The highest BCUT2D eigenvalue weighted by molar-refractivity contribution is 5.84. The lowest BCUT2D eigenvalue weighted by atomic mass is 10.00. The maximum atomic E-state index is 10.9. The number of hydrogen-bond acceptors (Lipinski definition) is 3. The Hall–Kier alpha value is -2.29. The SMILES string of the molecule is COc1cc(C=O)cc(OC)c1-c1cccc(C)c1. The minimum atomic E-state index is 0.533. The lowest BCUT2D eigenvalue weighted by molar-refractivity contribution is 0.112. The van der Waals surface area contributed by atoms with Crippen LogP contribution in [0, 0.1) is 6.92 Å². The molecule has 0 heterocycles. The molecule has 0 amide bonds. The van der Waals surface area contributed by atoms with Crippen LogP contribution < -0.4 is 9.47 Å². The van der Waals surface area contributed by atoms with Gasteiger partial charge in [0.2, 0.25) is 0 Å².